The average Bonchev–Trinajstić information content (AvgIpc) is 3.62. The van der Waals surface area contributed by atoms with Gasteiger partial charge in [0.1, 0.15) is 6.54 Å². The number of carbonyl (C=O) groups is 3. The number of carbonyl (C=O) groups excluding carboxylic acids is 3. The zero-order valence-electron chi connectivity index (χ0n) is 17.1. The SMILES string of the molecule is COC(=O)CNC(=O)c1cc2ccccc2cc1NC(=O)Nc1ccc(C2CC2)cc1. The van der Waals surface area contributed by atoms with Gasteiger partial charge in [0.15, 0.2) is 0 Å². The number of methoxy groups -OCH3 is 1. The fraction of sp³-hybridized carbons (Fsp3) is 0.208. The molecular formula is C24H23N3O4. The van der Waals surface area contributed by atoms with E-state index >= 15 is 0 Å². The largest absolute Gasteiger partial charge is 0.468 e. The summed E-state index contributed by atoms with van der Waals surface area (Å²) in [6, 6.07) is 18.3. The van der Waals surface area contributed by atoms with E-state index < -0.39 is 17.9 Å². The van der Waals surface area contributed by atoms with Crippen molar-refractivity contribution in [3.8, 4) is 0 Å². The number of amides is 3. The Morgan fingerprint density at radius 2 is 1.61 bits per heavy atom. The lowest BCUT2D eigenvalue weighted by Gasteiger charge is -2.14. The lowest BCUT2D eigenvalue weighted by Crippen LogP contribution is -2.31. The zero-order chi connectivity index (χ0) is 21.8. The first-order chi connectivity index (χ1) is 15.0. The van der Waals surface area contributed by atoms with Crippen LogP contribution in [0.2, 0.25) is 0 Å². The minimum atomic E-state index is -0.559. The van der Waals surface area contributed by atoms with Crippen molar-refractivity contribution in [1.82, 2.24) is 5.32 Å². The molecule has 3 aromatic rings. The van der Waals surface area contributed by atoms with Crippen LogP contribution in [0.1, 0.15) is 34.7 Å². The normalized spacial score (nSPS) is 12.8. The van der Waals surface area contributed by atoms with E-state index in [1.54, 1.807) is 12.1 Å². The Bertz CT molecular complexity index is 1140. The Hall–Kier alpha value is -3.87. The maximum atomic E-state index is 12.7. The smallest absolute Gasteiger partial charge is 0.325 e. The molecule has 0 radical (unpaired) electrons. The van der Waals surface area contributed by atoms with Gasteiger partial charge in [-0.25, -0.2) is 4.79 Å². The van der Waals surface area contributed by atoms with E-state index in [9.17, 15) is 14.4 Å². The zero-order valence-corrected chi connectivity index (χ0v) is 17.1. The third-order valence-corrected chi connectivity index (χ3v) is 5.22. The highest BCUT2D eigenvalue weighted by atomic mass is 16.5. The first-order valence-electron chi connectivity index (χ1n) is 10.1. The Morgan fingerprint density at radius 1 is 0.935 bits per heavy atom. The van der Waals surface area contributed by atoms with Crippen LogP contribution in [-0.4, -0.2) is 31.6 Å². The summed E-state index contributed by atoms with van der Waals surface area (Å²) in [4.78, 5) is 36.7. The third kappa shape index (κ3) is 5.01. The van der Waals surface area contributed by atoms with Gasteiger partial charge >= 0.3 is 12.0 Å². The van der Waals surface area contributed by atoms with Crippen LogP contribution in [0.25, 0.3) is 10.8 Å². The molecule has 0 bridgehead atoms. The number of hydrogen-bond donors (Lipinski definition) is 3. The molecule has 31 heavy (non-hydrogen) atoms. The topological polar surface area (TPSA) is 96.5 Å². The van der Waals surface area contributed by atoms with E-state index in [4.69, 9.17) is 0 Å². The van der Waals surface area contributed by atoms with Gasteiger partial charge in [0, 0.05) is 5.69 Å². The number of fused-ring (bicyclic) bond motifs is 1. The molecule has 0 aromatic heterocycles. The number of rotatable bonds is 6. The van der Waals surface area contributed by atoms with Crippen LogP contribution in [0.5, 0.6) is 0 Å². The first-order valence-corrected chi connectivity index (χ1v) is 10.1. The molecule has 0 aliphatic heterocycles. The second-order valence-electron chi connectivity index (χ2n) is 7.48. The molecule has 158 valence electrons. The summed E-state index contributed by atoms with van der Waals surface area (Å²) in [5.41, 5.74) is 2.54. The molecule has 0 spiro atoms. The number of anilines is 2. The lowest BCUT2D eigenvalue weighted by atomic mass is 10.0. The highest BCUT2D eigenvalue weighted by Crippen LogP contribution is 2.40. The Morgan fingerprint density at radius 3 is 2.26 bits per heavy atom. The van der Waals surface area contributed by atoms with Crippen molar-refractivity contribution in [1.29, 1.82) is 0 Å². The van der Waals surface area contributed by atoms with Crippen molar-refractivity contribution < 1.29 is 19.1 Å². The maximum absolute atomic E-state index is 12.7. The summed E-state index contributed by atoms with van der Waals surface area (Å²) in [6.45, 7) is -0.263. The highest BCUT2D eigenvalue weighted by Gasteiger charge is 2.23. The number of hydrogen-bond acceptors (Lipinski definition) is 4. The highest BCUT2D eigenvalue weighted by molar-refractivity contribution is 6.10. The molecule has 0 atom stereocenters. The Balaban J connectivity index is 1.53. The molecule has 4 rings (SSSR count). The third-order valence-electron chi connectivity index (χ3n) is 5.22. The number of benzene rings is 3. The van der Waals surface area contributed by atoms with E-state index in [1.165, 1.54) is 25.5 Å². The molecule has 3 N–H and O–H groups in total. The molecule has 0 heterocycles. The van der Waals surface area contributed by atoms with Crippen LogP contribution in [0.4, 0.5) is 16.2 Å². The number of esters is 1. The van der Waals surface area contributed by atoms with Crippen molar-refractivity contribution in [3.05, 3.63) is 71.8 Å². The summed E-state index contributed by atoms with van der Waals surface area (Å²) in [5.74, 6) is -0.400. The number of urea groups is 1. The van der Waals surface area contributed by atoms with Gasteiger partial charge in [-0.2, -0.15) is 0 Å². The quantitative estimate of drug-likeness (QED) is 0.522. The van der Waals surface area contributed by atoms with E-state index in [2.05, 4.69) is 20.7 Å². The monoisotopic (exact) mass is 417 g/mol. The van der Waals surface area contributed by atoms with Gasteiger partial charge in [0.25, 0.3) is 5.91 Å². The predicted molar refractivity (Wildman–Crippen MR) is 119 cm³/mol. The molecule has 1 aliphatic carbocycles. The molecular weight excluding hydrogens is 394 g/mol. The first kappa shape index (κ1) is 20.4. The van der Waals surface area contributed by atoms with Gasteiger partial charge in [0.05, 0.1) is 18.4 Å². The van der Waals surface area contributed by atoms with Gasteiger partial charge in [-0.3, -0.25) is 9.59 Å². The minimum absolute atomic E-state index is 0.252. The minimum Gasteiger partial charge on any atom is -0.468 e. The number of nitrogens with one attached hydrogen (secondary N) is 3. The predicted octanol–water partition coefficient (Wildman–Crippen LogP) is 4.26. The van der Waals surface area contributed by atoms with Crippen LogP contribution in [0, 0.1) is 0 Å². The summed E-state index contributed by atoms with van der Waals surface area (Å²) in [5, 5.41) is 9.78. The summed E-state index contributed by atoms with van der Waals surface area (Å²) in [6.07, 6.45) is 2.44. The summed E-state index contributed by atoms with van der Waals surface area (Å²) < 4.78 is 4.56. The van der Waals surface area contributed by atoms with E-state index in [1.807, 2.05) is 48.5 Å². The van der Waals surface area contributed by atoms with Gasteiger partial charge in [0.2, 0.25) is 0 Å². The molecule has 1 saturated carbocycles. The maximum Gasteiger partial charge on any atom is 0.325 e. The second kappa shape index (κ2) is 8.87. The van der Waals surface area contributed by atoms with Crippen molar-refractivity contribution in [3.63, 3.8) is 0 Å². The fourth-order valence-electron chi connectivity index (χ4n) is 3.39. The molecule has 3 aromatic carbocycles. The van der Waals surface area contributed by atoms with E-state index in [0.29, 0.717) is 17.3 Å². The van der Waals surface area contributed by atoms with Gasteiger partial charge in [-0.15, -0.1) is 0 Å². The van der Waals surface area contributed by atoms with E-state index in [-0.39, 0.29) is 12.1 Å². The van der Waals surface area contributed by atoms with Gasteiger partial charge < -0.3 is 20.7 Å². The summed E-state index contributed by atoms with van der Waals surface area (Å²) >= 11 is 0. The van der Waals surface area contributed by atoms with Crippen LogP contribution >= 0.6 is 0 Å². The van der Waals surface area contributed by atoms with Crippen molar-refractivity contribution in [2.45, 2.75) is 18.8 Å². The van der Waals surface area contributed by atoms with Crippen LogP contribution in [0.3, 0.4) is 0 Å². The standard InChI is InChI=1S/C24H23N3O4/c1-31-22(28)14-25-23(29)20-12-17-4-2-3-5-18(17)13-21(20)27-24(30)26-19-10-8-16(9-11-19)15-6-7-15/h2-5,8-13,15H,6-7,14H2,1H3,(H,25,29)(H2,26,27,30). The van der Waals surface area contributed by atoms with Gasteiger partial charge in [-0.1, -0.05) is 36.4 Å². The van der Waals surface area contributed by atoms with Crippen LogP contribution in [-0.2, 0) is 9.53 Å². The fourth-order valence-corrected chi connectivity index (χ4v) is 3.39. The molecule has 3 amide bonds. The van der Waals surface area contributed by atoms with Crippen molar-refractivity contribution >= 4 is 40.1 Å². The summed E-state index contributed by atoms with van der Waals surface area (Å²) in [7, 11) is 1.25. The molecule has 7 nitrogen and oxygen atoms in total. The molecule has 1 fully saturated rings. The van der Waals surface area contributed by atoms with Crippen molar-refractivity contribution in [2.75, 3.05) is 24.3 Å². The molecule has 1 aliphatic rings. The van der Waals surface area contributed by atoms with Crippen LogP contribution < -0.4 is 16.0 Å². The number of ether oxygens (including phenoxy) is 1. The van der Waals surface area contributed by atoms with Crippen LogP contribution in [0.15, 0.2) is 60.7 Å². The second-order valence-corrected chi connectivity index (χ2v) is 7.48. The molecule has 7 heteroatoms. The Labute approximate surface area is 179 Å². The van der Waals surface area contributed by atoms with E-state index in [0.717, 1.165) is 10.8 Å². The molecule has 0 saturated heterocycles. The van der Waals surface area contributed by atoms with Crippen molar-refractivity contribution in [2.24, 2.45) is 0 Å². The Kier molecular flexibility index (Phi) is 5.84. The average molecular weight is 417 g/mol. The molecule has 0 unspecified atom stereocenters. The lowest BCUT2D eigenvalue weighted by molar-refractivity contribution is -0.139. The van der Waals surface area contributed by atoms with Gasteiger partial charge in [-0.05, 0) is 59.4 Å².